The average molecular weight is 197 g/mol. The molecular formula is C9H15N3O2. The molecule has 78 valence electrons. The molecule has 0 spiro atoms. The first-order valence-corrected chi connectivity index (χ1v) is 4.56. The van der Waals surface area contributed by atoms with Gasteiger partial charge in [-0.15, -0.1) is 0 Å². The summed E-state index contributed by atoms with van der Waals surface area (Å²) in [5.74, 6) is 0. The third kappa shape index (κ3) is 3.68. The van der Waals surface area contributed by atoms with Crippen LogP contribution in [0.5, 0.6) is 0 Å². The molecule has 0 radical (unpaired) electrons. The lowest BCUT2D eigenvalue weighted by Gasteiger charge is -2.04. The second kappa shape index (κ2) is 6.28. The third-order valence-electron chi connectivity index (χ3n) is 1.77. The summed E-state index contributed by atoms with van der Waals surface area (Å²) in [6.07, 6.45) is 1.61. The minimum atomic E-state index is -0.0685. The summed E-state index contributed by atoms with van der Waals surface area (Å²) >= 11 is 0. The van der Waals surface area contributed by atoms with Crippen molar-refractivity contribution in [3.63, 3.8) is 0 Å². The van der Waals surface area contributed by atoms with Crippen molar-refractivity contribution in [3.05, 3.63) is 28.7 Å². The molecule has 0 atom stereocenters. The third-order valence-corrected chi connectivity index (χ3v) is 1.77. The fraction of sp³-hybridized carbons (Fsp3) is 0.556. The van der Waals surface area contributed by atoms with E-state index in [9.17, 15) is 4.79 Å². The van der Waals surface area contributed by atoms with Crippen LogP contribution < -0.4 is 10.9 Å². The summed E-state index contributed by atoms with van der Waals surface area (Å²) in [5, 5.41) is 7.07. The predicted molar refractivity (Wildman–Crippen MR) is 53.2 cm³/mol. The Labute approximate surface area is 82.7 Å². The van der Waals surface area contributed by atoms with Crippen LogP contribution in [0.1, 0.15) is 0 Å². The lowest BCUT2D eigenvalue weighted by atomic mass is 10.5. The van der Waals surface area contributed by atoms with Crippen molar-refractivity contribution in [2.75, 3.05) is 26.8 Å². The summed E-state index contributed by atoms with van der Waals surface area (Å²) in [5.41, 5.74) is -0.0685. The molecule has 5 nitrogen and oxygen atoms in total. The Bertz CT molecular complexity index is 311. The van der Waals surface area contributed by atoms with Crippen molar-refractivity contribution in [2.45, 2.75) is 6.54 Å². The second-order valence-electron chi connectivity index (χ2n) is 2.83. The molecule has 0 saturated heterocycles. The lowest BCUT2D eigenvalue weighted by molar-refractivity contribution is 0.199. The van der Waals surface area contributed by atoms with Crippen LogP contribution >= 0.6 is 0 Å². The maximum atomic E-state index is 11.2. The molecular weight excluding hydrogens is 182 g/mol. The summed E-state index contributed by atoms with van der Waals surface area (Å²) in [6.45, 7) is 2.78. The van der Waals surface area contributed by atoms with Gasteiger partial charge in [-0.05, 0) is 6.07 Å². The van der Waals surface area contributed by atoms with E-state index in [0.29, 0.717) is 13.2 Å². The Morgan fingerprint density at radius 1 is 1.57 bits per heavy atom. The molecule has 1 aromatic heterocycles. The molecule has 0 saturated carbocycles. The average Bonchev–Trinajstić information content (AvgIpc) is 2.20. The predicted octanol–water partition coefficient (Wildman–Crippen LogP) is -0.521. The van der Waals surface area contributed by atoms with Gasteiger partial charge < -0.3 is 10.1 Å². The largest absolute Gasteiger partial charge is 0.383 e. The van der Waals surface area contributed by atoms with Crippen molar-refractivity contribution >= 4 is 0 Å². The quantitative estimate of drug-likeness (QED) is 0.623. The Morgan fingerprint density at radius 3 is 3.14 bits per heavy atom. The fourth-order valence-electron chi connectivity index (χ4n) is 1.04. The maximum absolute atomic E-state index is 11.2. The van der Waals surface area contributed by atoms with Crippen LogP contribution in [0.15, 0.2) is 23.1 Å². The van der Waals surface area contributed by atoms with Gasteiger partial charge in [0.1, 0.15) is 0 Å². The number of hydrogen-bond donors (Lipinski definition) is 1. The van der Waals surface area contributed by atoms with Crippen molar-refractivity contribution in [1.82, 2.24) is 15.1 Å². The molecule has 0 aliphatic heterocycles. The van der Waals surface area contributed by atoms with Gasteiger partial charge >= 0.3 is 0 Å². The van der Waals surface area contributed by atoms with E-state index >= 15 is 0 Å². The van der Waals surface area contributed by atoms with E-state index in [2.05, 4.69) is 10.4 Å². The van der Waals surface area contributed by atoms with Crippen molar-refractivity contribution in [2.24, 2.45) is 0 Å². The number of methoxy groups -OCH3 is 1. The van der Waals surface area contributed by atoms with E-state index in [1.807, 2.05) is 0 Å². The number of nitrogens with one attached hydrogen (secondary N) is 1. The molecule has 1 heterocycles. The summed E-state index contributed by atoms with van der Waals surface area (Å²) < 4.78 is 6.30. The van der Waals surface area contributed by atoms with E-state index in [-0.39, 0.29) is 5.56 Å². The van der Waals surface area contributed by atoms with Gasteiger partial charge in [-0.1, -0.05) is 0 Å². The number of rotatable bonds is 6. The van der Waals surface area contributed by atoms with Gasteiger partial charge in [0.2, 0.25) is 0 Å². The van der Waals surface area contributed by atoms with E-state index in [1.165, 1.54) is 10.7 Å². The zero-order chi connectivity index (χ0) is 10.2. The zero-order valence-electron chi connectivity index (χ0n) is 8.27. The standard InChI is InChI=1S/C9H15N3O2/c1-14-8-6-10-5-7-12-9(13)3-2-4-11-12/h2-4,10H,5-8H2,1H3. The Kier molecular flexibility index (Phi) is 4.88. The molecule has 5 heteroatoms. The van der Waals surface area contributed by atoms with Gasteiger partial charge in [-0.2, -0.15) is 5.10 Å². The number of ether oxygens (including phenoxy) is 1. The second-order valence-corrected chi connectivity index (χ2v) is 2.83. The van der Waals surface area contributed by atoms with Crippen molar-refractivity contribution in [1.29, 1.82) is 0 Å². The molecule has 1 N–H and O–H groups in total. The molecule has 0 fully saturated rings. The molecule has 0 unspecified atom stereocenters. The smallest absolute Gasteiger partial charge is 0.266 e. The Morgan fingerprint density at radius 2 is 2.43 bits per heavy atom. The van der Waals surface area contributed by atoms with Crippen LogP contribution in [0.25, 0.3) is 0 Å². The van der Waals surface area contributed by atoms with Crippen LogP contribution in [0.4, 0.5) is 0 Å². The highest BCUT2D eigenvalue weighted by Crippen LogP contribution is 1.75. The molecule has 0 bridgehead atoms. The van der Waals surface area contributed by atoms with Gasteiger partial charge in [0.15, 0.2) is 0 Å². The maximum Gasteiger partial charge on any atom is 0.266 e. The molecule has 1 rings (SSSR count). The normalized spacial score (nSPS) is 10.4. The first-order chi connectivity index (χ1) is 6.84. The van der Waals surface area contributed by atoms with Gasteiger partial charge in [-0.3, -0.25) is 4.79 Å². The number of hydrogen-bond acceptors (Lipinski definition) is 4. The topological polar surface area (TPSA) is 56.1 Å². The van der Waals surface area contributed by atoms with Gasteiger partial charge in [-0.25, -0.2) is 4.68 Å². The van der Waals surface area contributed by atoms with E-state index in [4.69, 9.17) is 4.74 Å². The van der Waals surface area contributed by atoms with E-state index in [1.54, 1.807) is 19.4 Å². The van der Waals surface area contributed by atoms with E-state index in [0.717, 1.165) is 13.1 Å². The van der Waals surface area contributed by atoms with Crippen LogP contribution in [0, 0.1) is 0 Å². The molecule has 1 aromatic rings. The van der Waals surface area contributed by atoms with Crippen LogP contribution in [0.3, 0.4) is 0 Å². The number of nitrogens with zero attached hydrogens (tertiary/aromatic N) is 2. The Balaban J connectivity index is 2.25. The summed E-state index contributed by atoms with van der Waals surface area (Å²) in [4.78, 5) is 11.2. The lowest BCUT2D eigenvalue weighted by Crippen LogP contribution is -2.29. The number of aromatic nitrogens is 2. The van der Waals surface area contributed by atoms with Crippen LogP contribution in [0.2, 0.25) is 0 Å². The van der Waals surface area contributed by atoms with Crippen molar-refractivity contribution < 1.29 is 4.74 Å². The first kappa shape index (κ1) is 10.9. The monoisotopic (exact) mass is 197 g/mol. The highest BCUT2D eigenvalue weighted by Gasteiger charge is 1.93. The molecule has 0 aliphatic carbocycles. The molecule has 0 amide bonds. The van der Waals surface area contributed by atoms with Crippen LogP contribution in [-0.2, 0) is 11.3 Å². The van der Waals surface area contributed by atoms with Crippen molar-refractivity contribution in [3.8, 4) is 0 Å². The first-order valence-electron chi connectivity index (χ1n) is 4.56. The van der Waals surface area contributed by atoms with Gasteiger partial charge in [0, 0.05) is 32.5 Å². The van der Waals surface area contributed by atoms with Gasteiger partial charge in [0.05, 0.1) is 13.2 Å². The summed E-state index contributed by atoms with van der Waals surface area (Å²) in [7, 11) is 1.66. The summed E-state index contributed by atoms with van der Waals surface area (Å²) in [6, 6.07) is 3.14. The fourth-order valence-corrected chi connectivity index (χ4v) is 1.04. The molecule has 0 aliphatic rings. The minimum absolute atomic E-state index is 0.0685. The highest BCUT2D eigenvalue weighted by atomic mass is 16.5. The minimum Gasteiger partial charge on any atom is -0.383 e. The van der Waals surface area contributed by atoms with Gasteiger partial charge in [0.25, 0.3) is 5.56 Å². The Hall–Kier alpha value is -1.20. The molecule has 0 aromatic carbocycles. The molecule has 14 heavy (non-hydrogen) atoms. The zero-order valence-corrected chi connectivity index (χ0v) is 8.27. The van der Waals surface area contributed by atoms with E-state index < -0.39 is 0 Å². The highest BCUT2D eigenvalue weighted by molar-refractivity contribution is 4.84. The SMILES string of the molecule is COCCNCCn1ncccc1=O. The van der Waals surface area contributed by atoms with Crippen LogP contribution in [-0.4, -0.2) is 36.6 Å².